The van der Waals surface area contributed by atoms with Crippen LogP contribution in [0.4, 0.5) is 5.69 Å². The van der Waals surface area contributed by atoms with Crippen molar-refractivity contribution in [3.8, 4) is 0 Å². The van der Waals surface area contributed by atoms with Gasteiger partial charge in [-0.1, -0.05) is 26.0 Å². The normalized spacial score (nSPS) is 15.7. The van der Waals surface area contributed by atoms with Crippen molar-refractivity contribution in [1.82, 2.24) is 0 Å². The topological polar surface area (TPSA) is 29.5 Å². The zero-order chi connectivity index (χ0) is 13.3. The molecule has 3 nitrogen and oxygen atoms in total. The van der Waals surface area contributed by atoms with E-state index in [4.69, 9.17) is 4.74 Å². The molecule has 1 unspecified atom stereocenters. The van der Waals surface area contributed by atoms with Crippen molar-refractivity contribution in [3.63, 3.8) is 0 Å². The van der Waals surface area contributed by atoms with E-state index in [9.17, 15) is 4.79 Å². The van der Waals surface area contributed by atoms with Crippen LogP contribution in [0.25, 0.3) is 0 Å². The zero-order valence-corrected chi connectivity index (χ0v) is 11.6. The maximum Gasteiger partial charge on any atom is 0.313 e. The Bertz CT molecular complexity index is 454. The number of fused-ring (bicyclic) bond motifs is 1. The standard InChI is InChI=1S/C15H21NO2/c1-10(2)14(15(17)18-4)12-5-6-13-11(9-12)7-8-16(13)3/h5-6,9-10,14H,7-8H2,1-4H3. The van der Waals surface area contributed by atoms with Gasteiger partial charge in [0, 0.05) is 19.3 Å². The molecule has 0 saturated carbocycles. The fourth-order valence-corrected chi connectivity index (χ4v) is 2.70. The highest BCUT2D eigenvalue weighted by Crippen LogP contribution is 2.32. The molecule has 1 aliphatic rings. The van der Waals surface area contributed by atoms with Gasteiger partial charge in [0.1, 0.15) is 0 Å². The van der Waals surface area contributed by atoms with Crippen LogP contribution in [-0.2, 0) is 16.0 Å². The highest BCUT2D eigenvalue weighted by Gasteiger charge is 2.26. The molecule has 0 N–H and O–H groups in total. The van der Waals surface area contributed by atoms with Crippen LogP contribution >= 0.6 is 0 Å². The monoisotopic (exact) mass is 247 g/mol. The van der Waals surface area contributed by atoms with Crippen LogP contribution in [0.1, 0.15) is 30.9 Å². The lowest BCUT2D eigenvalue weighted by atomic mass is 9.87. The number of methoxy groups -OCH3 is 1. The molecule has 1 aromatic rings. The maximum absolute atomic E-state index is 11.9. The number of nitrogens with zero attached hydrogens (tertiary/aromatic N) is 1. The summed E-state index contributed by atoms with van der Waals surface area (Å²) < 4.78 is 4.92. The Hall–Kier alpha value is -1.51. The smallest absolute Gasteiger partial charge is 0.313 e. The number of hydrogen-bond acceptors (Lipinski definition) is 3. The fraction of sp³-hybridized carbons (Fsp3) is 0.533. The summed E-state index contributed by atoms with van der Waals surface area (Å²) in [5.41, 5.74) is 3.70. The Morgan fingerprint density at radius 1 is 1.39 bits per heavy atom. The summed E-state index contributed by atoms with van der Waals surface area (Å²) in [7, 11) is 3.56. The van der Waals surface area contributed by atoms with E-state index in [1.54, 1.807) is 0 Å². The summed E-state index contributed by atoms with van der Waals surface area (Å²) in [5.74, 6) is -0.0582. The van der Waals surface area contributed by atoms with Crippen LogP contribution in [0.2, 0.25) is 0 Å². The van der Waals surface area contributed by atoms with Crippen LogP contribution in [0.3, 0.4) is 0 Å². The summed E-state index contributed by atoms with van der Waals surface area (Å²) in [6, 6.07) is 6.35. The number of likely N-dealkylation sites (N-methyl/N-ethyl adjacent to an activating group) is 1. The van der Waals surface area contributed by atoms with Crippen molar-refractivity contribution in [2.75, 3.05) is 25.6 Å². The van der Waals surface area contributed by atoms with Crippen molar-refractivity contribution < 1.29 is 9.53 Å². The van der Waals surface area contributed by atoms with Crippen molar-refractivity contribution in [2.24, 2.45) is 5.92 Å². The lowest BCUT2D eigenvalue weighted by Crippen LogP contribution is -2.19. The van der Waals surface area contributed by atoms with Gasteiger partial charge in [-0.2, -0.15) is 0 Å². The number of benzene rings is 1. The van der Waals surface area contributed by atoms with Crippen LogP contribution < -0.4 is 4.90 Å². The van der Waals surface area contributed by atoms with Crippen molar-refractivity contribution in [1.29, 1.82) is 0 Å². The molecule has 0 fully saturated rings. The molecule has 18 heavy (non-hydrogen) atoms. The van der Waals surface area contributed by atoms with Crippen LogP contribution in [0, 0.1) is 5.92 Å². The third-order valence-electron chi connectivity index (χ3n) is 3.71. The highest BCUT2D eigenvalue weighted by molar-refractivity contribution is 5.79. The fourth-order valence-electron chi connectivity index (χ4n) is 2.70. The zero-order valence-electron chi connectivity index (χ0n) is 11.6. The van der Waals surface area contributed by atoms with Crippen LogP contribution in [0.5, 0.6) is 0 Å². The molecule has 1 atom stereocenters. The molecule has 1 aliphatic heterocycles. The summed E-state index contributed by atoms with van der Waals surface area (Å²) >= 11 is 0. The van der Waals surface area contributed by atoms with Gasteiger partial charge in [-0.3, -0.25) is 4.79 Å². The van der Waals surface area contributed by atoms with Gasteiger partial charge in [0.2, 0.25) is 0 Å². The number of anilines is 1. The predicted molar refractivity (Wildman–Crippen MR) is 73.0 cm³/mol. The first-order valence-electron chi connectivity index (χ1n) is 6.46. The average Bonchev–Trinajstić information content (AvgIpc) is 2.70. The van der Waals surface area contributed by atoms with Gasteiger partial charge in [0.25, 0.3) is 0 Å². The number of hydrogen-bond donors (Lipinski definition) is 0. The molecular weight excluding hydrogens is 226 g/mol. The van der Waals surface area contributed by atoms with Gasteiger partial charge < -0.3 is 9.64 Å². The quantitative estimate of drug-likeness (QED) is 0.769. The van der Waals surface area contributed by atoms with E-state index >= 15 is 0 Å². The van der Waals surface area contributed by atoms with E-state index in [1.807, 2.05) is 0 Å². The highest BCUT2D eigenvalue weighted by atomic mass is 16.5. The van der Waals surface area contributed by atoms with E-state index in [0.717, 1.165) is 18.5 Å². The second kappa shape index (κ2) is 5.01. The maximum atomic E-state index is 11.9. The first kappa shape index (κ1) is 12.9. The number of carbonyl (C=O) groups excluding carboxylic acids is 1. The molecule has 3 heteroatoms. The van der Waals surface area contributed by atoms with Crippen LogP contribution in [-0.4, -0.2) is 26.7 Å². The van der Waals surface area contributed by atoms with Gasteiger partial charge in [-0.15, -0.1) is 0 Å². The molecule has 0 aromatic heterocycles. The molecular formula is C15H21NO2. The Labute approximate surface area is 109 Å². The van der Waals surface area contributed by atoms with Gasteiger partial charge in [-0.25, -0.2) is 0 Å². The Balaban J connectivity index is 2.35. The molecule has 1 aromatic carbocycles. The summed E-state index contributed by atoms with van der Waals surface area (Å²) in [6.45, 7) is 5.17. The second-order valence-corrected chi connectivity index (χ2v) is 5.30. The molecule has 2 rings (SSSR count). The van der Waals surface area contributed by atoms with E-state index < -0.39 is 0 Å². The van der Waals surface area contributed by atoms with E-state index in [-0.39, 0.29) is 17.8 Å². The molecule has 0 aliphatic carbocycles. The van der Waals surface area contributed by atoms with Crippen molar-refractivity contribution in [2.45, 2.75) is 26.2 Å². The lowest BCUT2D eigenvalue weighted by Gasteiger charge is -2.20. The second-order valence-electron chi connectivity index (χ2n) is 5.30. The molecule has 0 saturated heterocycles. The molecule has 0 amide bonds. The minimum Gasteiger partial charge on any atom is -0.469 e. The lowest BCUT2D eigenvalue weighted by molar-refractivity contribution is -0.143. The predicted octanol–water partition coefficient (Wildman–Crippen LogP) is 2.59. The minimum atomic E-state index is -0.161. The van der Waals surface area contributed by atoms with Gasteiger partial charge in [0.05, 0.1) is 13.0 Å². The third kappa shape index (κ3) is 2.22. The van der Waals surface area contributed by atoms with Crippen molar-refractivity contribution in [3.05, 3.63) is 29.3 Å². The molecule has 0 bridgehead atoms. The number of esters is 1. The molecule has 0 spiro atoms. The number of carbonyl (C=O) groups is 1. The van der Waals surface area contributed by atoms with Crippen LogP contribution in [0.15, 0.2) is 18.2 Å². The number of rotatable bonds is 3. The summed E-state index contributed by atoms with van der Waals surface area (Å²) in [5, 5.41) is 0. The van der Waals surface area contributed by atoms with Gasteiger partial charge in [-0.05, 0) is 29.5 Å². The van der Waals surface area contributed by atoms with Crippen molar-refractivity contribution >= 4 is 11.7 Å². The number of ether oxygens (including phenoxy) is 1. The van der Waals surface area contributed by atoms with E-state index in [1.165, 1.54) is 18.4 Å². The first-order chi connectivity index (χ1) is 8.54. The summed E-state index contributed by atoms with van der Waals surface area (Å²) in [4.78, 5) is 14.1. The van der Waals surface area contributed by atoms with E-state index in [0.29, 0.717) is 0 Å². The SMILES string of the molecule is COC(=O)C(c1ccc2c(c1)CCN2C)C(C)C. The molecule has 0 radical (unpaired) electrons. The summed E-state index contributed by atoms with van der Waals surface area (Å²) in [6.07, 6.45) is 1.06. The molecule has 98 valence electrons. The van der Waals surface area contributed by atoms with Gasteiger partial charge >= 0.3 is 5.97 Å². The first-order valence-corrected chi connectivity index (χ1v) is 6.46. The Kier molecular flexibility index (Phi) is 3.60. The largest absolute Gasteiger partial charge is 0.469 e. The average molecular weight is 247 g/mol. The Morgan fingerprint density at radius 3 is 2.72 bits per heavy atom. The molecule has 1 heterocycles. The van der Waals surface area contributed by atoms with E-state index in [2.05, 4.69) is 44.0 Å². The Morgan fingerprint density at radius 2 is 2.11 bits per heavy atom. The third-order valence-corrected chi connectivity index (χ3v) is 3.71. The van der Waals surface area contributed by atoms with Gasteiger partial charge in [0.15, 0.2) is 0 Å². The minimum absolute atomic E-state index is 0.142.